The van der Waals surface area contributed by atoms with Crippen LogP contribution in [0.5, 0.6) is 0 Å². The van der Waals surface area contributed by atoms with Gasteiger partial charge >= 0.3 is 6.09 Å². The first kappa shape index (κ1) is 18.4. The fourth-order valence-electron chi connectivity index (χ4n) is 1.81. The summed E-state index contributed by atoms with van der Waals surface area (Å²) in [5, 5.41) is 3.01. The third kappa shape index (κ3) is 6.03. The van der Waals surface area contributed by atoms with Gasteiger partial charge in [-0.15, -0.1) is 0 Å². The summed E-state index contributed by atoms with van der Waals surface area (Å²) in [5.41, 5.74) is 6.27. The highest BCUT2D eigenvalue weighted by atomic mass is 35.5. The third-order valence-electron chi connectivity index (χ3n) is 2.67. The molecule has 0 aliphatic carbocycles. The molecule has 1 atom stereocenters. The van der Waals surface area contributed by atoms with Crippen molar-refractivity contribution in [3.8, 4) is 0 Å². The van der Waals surface area contributed by atoms with Gasteiger partial charge in [0.1, 0.15) is 22.9 Å². The second-order valence-corrected chi connectivity index (χ2v) is 6.57. The average molecular weight is 330 g/mol. The van der Waals surface area contributed by atoms with E-state index in [4.69, 9.17) is 22.1 Å². The Morgan fingerprint density at radius 3 is 2.64 bits per heavy atom. The van der Waals surface area contributed by atoms with Gasteiger partial charge in [0, 0.05) is 32.2 Å². The van der Waals surface area contributed by atoms with Gasteiger partial charge in [-0.2, -0.15) is 0 Å². The first-order valence-corrected chi connectivity index (χ1v) is 7.37. The van der Waals surface area contributed by atoms with E-state index in [1.807, 2.05) is 19.0 Å². The molecule has 1 unspecified atom stereocenters. The number of aromatic nitrogens is 2. The van der Waals surface area contributed by atoms with E-state index in [1.54, 1.807) is 20.8 Å². The number of carbonyl (C=O) groups is 1. The molecule has 124 valence electrons. The molecule has 1 aromatic rings. The van der Waals surface area contributed by atoms with E-state index in [0.717, 1.165) is 5.56 Å². The Bertz CT molecular complexity index is 516. The van der Waals surface area contributed by atoms with E-state index in [-0.39, 0.29) is 12.6 Å². The number of hydrogen-bond donors (Lipinski definition) is 2. The second kappa shape index (κ2) is 7.60. The standard InChI is InChI=1S/C14H24ClN5O2/c1-14(2,3)22-13(21)17-7-9(16)6-10-11(15)18-8-19-12(10)20(4)5/h8-9H,6-7,16H2,1-5H3,(H,17,21). The second-order valence-electron chi connectivity index (χ2n) is 6.21. The van der Waals surface area contributed by atoms with E-state index in [9.17, 15) is 4.79 Å². The lowest BCUT2D eigenvalue weighted by molar-refractivity contribution is 0.0524. The Labute approximate surface area is 136 Å². The number of amides is 1. The summed E-state index contributed by atoms with van der Waals surface area (Å²) in [6, 6.07) is -0.324. The van der Waals surface area contributed by atoms with Crippen LogP contribution in [0.15, 0.2) is 6.33 Å². The van der Waals surface area contributed by atoms with E-state index in [0.29, 0.717) is 17.4 Å². The molecular weight excluding hydrogens is 306 g/mol. The molecule has 1 heterocycles. The van der Waals surface area contributed by atoms with Crippen molar-refractivity contribution in [2.24, 2.45) is 5.73 Å². The van der Waals surface area contributed by atoms with Crippen molar-refractivity contribution in [1.82, 2.24) is 15.3 Å². The first-order valence-electron chi connectivity index (χ1n) is 6.99. The number of alkyl carbamates (subject to hydrolysis) is 1. The normalized spacial score (nSPS) is 12.7. The number of carbonyl (C=O) groups excluding carboxylic acids is 1. The number of anilines is 1. The maximum Gasteiger partial charge on any atom is 0.407 e. The van der Waals surface area contributed by atoms with Crippen molar-refractivity contribution in [1.29, 1.82) is 0 Å². The lowest BCUT2D eigenvalue weighted by Crippen LogP contribution is -2.41. The van der Waals surface area contributed by atoms with Gasteiger partial charge in [-0.05, 0) is 27.2 Å². The zero-order chi connectivity index (χ0) is 16.9. The Morgan fingerprint density at radius 1 is 1.45 bits per heavy atom. The summed E-state index contributed by atoms with van der Waals surface area (Å²) in [7, 11) is 3.74. The molecular formula is C14H24ClN5O2. The monoisotopic (exact) mass is 329 g/mol. The molecule has 1 rings (SSSR count). The molecule has 0 saturated heterocycles. The molecule has 0 aliphatic rings. The fraction of sp³-hybridized carbons (Fsp3) is 0.643. The van der Waals surface area contributed by atoms with Crippen molar-refractivity contribution in [3.05, 3.63) is 17.0 Å². The maximum absolute atomic E-state index is 11.6. The van der Waals surface area contributed by atoms with Gasteiger partial charge < -0.3 is 20.7 Å². The third-order valence-corrected chi connectivity index (χ3v) is 2.99. The summed E-state index contributed by atoms with van der Waals surface area (Å²) in [6.45, 7) is 5.68. The van der Waals surface area contributed by atoms with Gasteiger partial charge in [-0.3, -0.25) is 0 Å². The van der Waals surface area contributed by atoms with Gasteiger partial charge in [0.2, 0.25) is 0 Å². The lowest BCUT2D eigenvalue weighted by atomic mass is 10.1. The van der Waals surface area contributed by atoms with Crippen LogP contribution >= 0.6 is 11.6 Å². The molecule has 0 fully saturated rings. The molecule has 8 heteroatoms. The van der Waals surface area contributed by atoms with Crippen LogP contribution in [0.25, 0.3) is 0 Å². The van der Waals surface area contributed by atoms with E-state index < -0.39 is 11.7 Å². The molecule has 1 aromatic heterocycles. The summed E-state index contributed by atoms with van der Waals surface area (Å²) in [4.78, 5) is 21.6. The minimum absolute atomic E-state index is 0.271. The SMILES string of the molecule is CN(C)c1ncnc(Cl)c1CC(N)CNC(=O)OC(C)(C)C. The van der Waals surface area contributed by atoms with Crippen molar-refractivity contribution >= 4 is 23.5 Å². The smallest absolute Gasteiger partial charge is 0.407 e. The number of halogens is 1. The molecule has 22 heavy (non-hydrogen) atoms. The van der Waals surface area contributed by atoms with Crippen LogP contribution in [0.1, 0.15) is 26.3 Å². The van der Waals surface area contributed by atoms with Gasteiger partial charge in [0.05, 0.1) is 0 Å². The Hall–Kier alpha value is -1.60. The van der Waals surface area contributed by atoms with Gasteiger partial charge in [0.15, 0.2) is 0 Å². The molecule has 0 saturated carbocycles. The average Bonchev–Trinajstić information content (AvgIpc) is 2.36. The van der Waals surface area contributed by atoms with Gasteiger partial charge in [-0.25, -0.2) is 14.8 Å². The van der Waals surface area contributed by atoms with Crippen LogP contribution in [-0.2, 0) is 11.2 Å². The van der Waals surface area contributed by atoms with E-state index in [1.165, 1.54) is 6.33 Å². The number of rotatable bonds is 5. The predicted molar refractivity (Wildman–Crippen MR) is 87.3 cm³/mol. The number of hydrogen-bond acceptors (Lipinski definition) is 6. The zero-order valence-corrected chi connectivity index (χ0v) is 14.4. The molecule has 7 nitrogen and oxygen atoms in total. The molecule has 3 N–H and O–H groups in total. The topological polar surface area (TPSA) is 93.4 Å². The fourth-order valence-corrected chi connectivity index (χ4v) is 2.01. The van der Waals surface area contributed by atoms with Crippen LogP contribution in [0.3, 0.4) is 0 Å². The summed E-state index contributed by atoms with van der Waals surface area (Å²) < 4.78 is 5.16. The number of nitrogens with two attached hydrogens (primary N) is 1. The molecule has 1 amide bonds. The van der Waals surface area contributed by atoms with Crippen LogP contribution < -0.4 is 16.0 Å². The van der Waals surface area contributed by atoms with E-state index in [2.05, 4.69) is 15.3 Å². The molecule has 0 aliphatic heterocycles. The first-order chi connectivity index (χ1) is 10.1. The number of nitrogens with zero attached hydrogens (tertiary/aromatic N) is 3. The summed E-state index contributed by atoms with van der Waals surface area (Å²) in [6.07, 6.45) is 1.36. The Balaban J connectivity index is 2.63. The maximum atomic E-state index is 11.6. The highest BCUT2D eigenvalue weighted by Gasteiger charge is 2.18. The predicted octanol–water partition coefficient (Wildman–Crippen LogP) is 1.59. The quantitative estimate of drug-likeness (QED) is 0.797. The van der Waals surface area contributed by atoms with Crippen molar-refractivity contribution in [3.63, 3.8) is 0 Å². The van der Waals surface area contributed by atoms with Crippen molar-refractivity contribution < 1.29 is 9.53 Å². The summed E-state index contributed by atoms with van der Waals surface area (Å²) in [5.74, 6) is 0.715. The van der Waals surface area contributed by atoms with Gasteiger partial charge in [0.25, 0.3) is 0 Å². The van der Waals surface area contributed by atoms with Gasteiger partial charge in [-0.1, -0.05) is 11.6 Å². The van der Waals surface area contributed by atoms with Crippen LogP contribution in [0.2, 0.25) is 5.15 Å². The summed E-state index contributed by atoms with van der Waals surface area (Å²) >= 11 is 6.12. The Morgan fingerprint density at radius 2 is 2.09 bits per heavy atom. The largest absolute Gasteiger partial charge is 0.444 e. The van der Waals surface area contributed by atoms with Crippen LogP contribution in [0.4, 0.5) is 10.6 Å². The van der Waals surface area contributed by atoms with Crippen molar-refractivity contribution in [2.75, 3.05) is 25.5 Å². The highest BCUT2D eigenvalue weighted by molar-refractivity contribution is 6.30. The molecule has 0 bridgehead atoms. The number of nitrogens with one attached hydrogen (secondary N) is 1. The number of ether oxygens (including phenoxy) is 1. The minimum atomic E-state index is -0.539. The lowest BCUT2D eigenvalue weighted by Gasteiger charge is -2.22. The van der Waals surface area contributed by atoms with E-state index >= 15 is 0 Å². The molecule has 0 radical (unpaired) electrons. The van der Waals surface area contributed by atoms with Crippen molar-refractivity contribution in [2.45, 2.75) is 38.8 Å². The highest BCUT2D eigenvalue weighted by Crippen LogP contribution is 2.22. The molecule has 0 aromatic carbocycles. The zero-order valence-electron chi connectivity index (χ0n) is 13.7. The minimum Gasteiger partial charge on any atom is -0.444 e. The van der Waals surface area contributed by atoms with Crippen LogP contribution in [0, 0.1) is 0 Å². The molecule has 0 spiro atoms. The Kier molecular flexibility index (Phi) is 6.37. The van der Waals surface area contributed by atoms with Crippen LogP contribution in [-0.4, -0.2) is 48.3 Å².